The van der Waals surface area contributed by atoms with E-state index in [2.05, 4.69) is 14.8 Å². The summed E-state index contributed by atoms with van der Waals surface area (Å²) in [6.45, 7) is 0.191. The number of nitrogens with two attached hydrogens (primary N) is 2. The van der Waals surface area contributed by atoms with E-state index in [0.717, 1.165) is 6.92 Å². The molecule has 9 heteroatoms. The molecule has 0 aromatic heterocycles. The van der Waals surface area contributed by atoms with Gasteiger partial charge in [-0.05, 0) is 0 Å². The van der Waals surface area contributed by atoms with Crippen LogP contribution in [0.2, 0.25) is 0 Å². The number of carboxylic acid groups (broad SMARTS) is 1. The van der Waals surface area contributed by atoms with Crippen molar-refractivity contribution in [1.29, 1.82) is 0 Å². The molecule has 0 atom stereocenters. The molecule has 0 heterocycles. The molecule has 0 unspecified atom stereocenters. The van der Waals surface area contributed by atoms with Gasteiger partial charge < -0.3 is 16.6 Å². The second-order valence-corrected chi connectivity index (χ2v) is 2.60. The van der Waals surface area contributed by atoms with E-state index < -0.39 is 5.97 Å². The Hall–Kier alpha value is -1.39. The topological polar surface area (TPSA) is 151 Å². The van der Waals surface area contributed by atoms with E-state index in [1.807, 2.05) is 0 Å². The largest absolute Gasteiger partial charge is 0.481 e. The zero-order chi connectivity index (χ0) is 13.7. The van der Waals surface area contributed by atoms with Crippen molar-refractivity contribution in [2.24, 2.45) is 11.5 Å². The first-order chi connectivity index (χ1) is 7.93. The minimum absolute atomic E-state index is 0.134. The summed E-state index contributed by atoms with van der Waals surface area (Å²) in [6, 6.07) is 0. The summed E-state index contributed by atoms with van der Waals surface area (Å²) >= 11 is 0. The quantitative estimate of drug-likeness (QED) is 0.253. The molecule has 0 spiro atoms. The minimum Gasteiger partial charge on any atom is -0.481 e. The van der Waals surface area contributed by atoms with Gasteiger partial charge in [-0.25, -0.2) is 0 Å². The van der Waals surface area contributed by atoms with Gasteiger partial charge in [0.1, 0.15) is 13.2 Å². The number of hydrogen-bond donors (Lipinski definition) is 3. The molecular weight excluding hydrogens is 236 g/mol. The van der Waals surface area contributed by atoms with Crippen molar-refractivity contribution in [3.8, 4) is 0 Å². The van der Waals surface area contributed by atoms with E-state index >= 15 is 0 Å². The van der Waals surface area contributed by atoms with Crippen LogP contribution in [0.5, 0.6) is 0 Å². The Kier molecular flexibility index (Phi) is 13.4. The number of rotatable bonds is 8. The maximum atomic E-state index is 10.5. The van der Waals surface area contributed by atoms with Gasteiger partial charge in [-0.15, -0.1) is 0 Å². The molecule has 0 aliphatic carbocycles. The predicted octanol–water partition coefficient (Wildman–Crippen LogP) is -1.99. The van der Waals surface area contributed by atoms with Crippen LogP contribution in [0.4, 0.5) is 0 Å². The Morgan fingerprint density at radius 1 is 1.00 bits per heavy atom. The molecule has 0 rings (SSSR count). The molecule has 5 N–H and O–H groups in total. The zero-order valence-corrected chi connectivity index (χ0v) is 9.38. The highest BCUT2D eigenvalue weighted by Crippen LogP contribution is 1.82. The van der Waals surface area contributed by atoms with Gasteiger partial charge in [0.25, 0.3) is 5.97 Å². The van der Waals surface area contributed by atoms with Crippen LogP contribution < -0.4 is 11.5 Å². The SMILES string of the molecule is CC(=O)O.NCC(=O)COOOCC(=O)CN. The molecule has 17 heavy (non-hydrogen) atoms. The zero-order valence-electron chi connectivity index (χ0n) is 9.38. The lowest BCUT2D eigenvalue weighted by molar-refractivity contribution is -0.504. The Balaban J connectivity index is 0. The lowest BCUT2D eigenvalue weighted by atomic mass is 10.4. The molecule has 0 aliphatic heterocycles. The van der Waals surface area contributed by atoms with Crippen molar-refractivity contribution < 1.29 is 34.3 Å². The van der Waals surface area contributed by atoms with Gasteiger partial charge in [0.05, 0.1) is 13.1 Å². The summed E-state index contributed by atoms with van der Waals surface area (Å²) in [7, 11) is 0. The maximum Gasteiger partial charge on any atom is 0.300 e. The lowest BCUT2D eigenvalue weighted by Gasteiger charge is -2.00. The van der Waals surface area contributed by atoms with Crippen molar-refractivity contribution in [3.05, 3.63) is 0 Å². The molecule has 9 nitrogen and oxygen atoms in total. The fourth-order valence-corrected chi connectivity index (χ4v) is 0.331. The van der Waals surface area contributed by atoms with Gasteiger partial charge in [0.2, 0.25) is 0 Å². The molecule has 0 saturated carbocycles. The normalized spacial score (nSPS) is 9.12. The van der Waals surface area contributed by atoms with Crippen LogP contribution in [-0.4, -0.2) is 48.9 Å². The van der Waals surface area contributed by atoms with Crippen LogP contribution in [0.15, 0.2) is 0 Å². The molecule has 0 aromatic rings. The summed E-state index contributed by atoms with van der Waals surface area (Å²) in [6.07, 6.45) is 0. The predicted molar refractivity (Wildman–Crippen MR) is 54.4 cm³/mol. The summed E-state index contributed by atoms with van der Waals surface area (Å²) in [5.41, 5.74) is 9.92. The van der Waals surface area contributed by atoms with Gasteiger partial charge in [-0.3, -0.25) is 14.4 Å². The molecule has 0 aliphatic rings. The number of aliphatic carboxylic acids is 1. The second kappa shape index (κ2) is 12.7. The van der Waals surface area contributed by atoms with Crippen molar-refractivity contribution >= 4 is 17.5 Å². The lowest BCUT2D eigenvalue weighted by Crippen LogP contribution is -2.21. The molecule has 0 bridgehead atoms. The molecule has 0 aromatic carbocycles. The number of carbonyl (C=O) groups excluding carboxylic acids is 2. The highest BCUT2D eigenvalue weighted by atomic mass is 17.5. The number of carboxylic acids is 1. The summed E-state index contributed by atoms with van der Waals surface area (Å²) in [5.74, 6) is -1.51. The molecule has 0 saturated heterocycles. The first-order valence-corrected chi connectivity index (χ1v) is 4.48. The fourth-order valence-electron chi connectivity index (χ4n) is 0.331. The summed E-state index contributed by atoms with van der Waals surface area (Å²) < 4.78 is 0. The average Bonchev–Trinajstić information content (AvgIpc) is 2.27. The third kappa shape index (κ3) is 20.6. The highest BCUT2D eigenvalue weighted by Gasteiger charge is 2.01. The van der Waals surface area contributed by atoms with Crippen molar-refractivity contribution in [3.63, 3.8) is 0 Å². The van der Waals surface area contributed by atoms with E-state index in [4.69, 9.17) is 21.4 Å². The molecule has 0 fully saturated rings. The van der Waals surface area contributed by atoms with E-state index in [1.54, 1.807) is 0 Å². The smallest absolute Gasteiger partial charge is 0.300 e. The minimum atomic E-state index is -0.833. The van der Waals surface area contributed by atoms with Crippen LogP contribution in [-0.2, 0) is 29.2 Å². The van der Waals surface area contributed by atoms with E-state index in [9.17, 15) is 9.59 Å². The highest BCUT2D eigenvalue weighted by molar-refractivity contribution is 5.81. The van der Waals surface area contributed by atoms with Crippen LogP contribution in [0.25, 0.3) is 0 Å². The molecule has 0 amide bonds. The van der Waals surface area contributed by atoms with Crippen LogP contribution in [0.1, 0.15) is 6.92 Å². The molecular formula is C8H16N2O7. The Labute approximate surface area is 97.5 Å². The third-order valence-electron chi connectivity index (χ3n) is 0.991. The third-order valence-corrected chi connectivity index (χ3v) is 0.991. The Bertz CT molecular complexity index is 222. The van der Waals surface area contributed by atoms with E-state index in [0.29, 0.717) is 0 Å². The van der Waals surface area contributed by atoms with Gasteiger partial charge in [-0.2, -0.15) is 9.78 Å². The van der Waals surface area contributed by atoms with Crippen molar-refractivity contribution in [1.82, 2.24) is 0 Å². The Morgan fingerprint density at radius 3 is 1.53 bits per heavy atom. The number of hydrogen-bond acceptors (Lipinski definition) is 8. The monoisotopic (exact) mass is 252 g/mol. The van der Waals surface area contributed by atoms with Crippen LogP contribution in [0, 0.1) is 0 Å². The van der Waals surface area contributed by atoms with Crippen molar-refractivity contribution in [2.45, 2.75) is 6.92 Å². The van der Waals surface area contributed by atoms with E-state index in [1.165, 1.54) is 0 Å². The van der Waals surface area contributed by atoms with E-state index in [-0.39, 0.29) is 37.9 Å². The summed E-state index contributed by atoms with van der Waals surface area (Å²) in [5, 5.41) is 11.4. The van der Waals surface area contributed by atoms with Gasteiger partial charge in [-0.1, -0.05) is 5.04 Å². The number of Topliss-reactive ketones (excluding diaryl/α,β-unsaturated/α-hetero) is 2. The fraction of sp³-hybridized carbons (Fsp3) is 0.625. The number of carbonyl (C=O) groups is 3. The first-order valence-electron chi connectivity index (χ1n) is 4.48. The first kappa shape index (κ1) is 18.0. The van der Waals surface area contributed by atoms with Gasteiger partial charge >= 0.3 is 0 Å². The maximum absolute atomic E-state index is 10.5. The molecule has 100 valence electrons. The van der Waals surface area contributed by atoms with Crippen LogP contribution in [0.3, 0.4) is 0 Å². The second-order valence-electron chi connectivity index (χ2n) is 2.60. The van der Waals surface area contributed by atoms with Gasteiger partial charge in [0.15, 0.2) is 11.6 Å². The molecule has 0 radical (unpaired) electrons. The number of ketones is 2. The van der Waals surface area contributed by atoms with Crippen molar-refractivity contribution in [2.75, 3.05) is 26.3 Å². The van der Waals surface area contributed by atoms with Gasteiger partial charge in [0, 0.05) is 6.92 Å². The summed E-state index contributed by atoms with van der Waals surface area (Å²) in [4.78, 5) is 38.5. The standard InChI is InChI=1S/C6H12N2O5.C2H4O2/c7-1-5(9)3-11-13-12-4-6(10)2-8;1-2(3)4/h1-4,7-8H2;1H3,(H,3,4). The van der Waals surface area contributed by atoms with Crippen LogP contribution >= 0.6 is 0 Å². The average molecular weight is 252 g/mol. The Morgan fingerprint density at radius 2 is 1.29 bits per heavy atom.